The number of hydrogen-bond donors (Lipinski definition) is 1. The van der Waals surface area contributed by atoms with Crippen LogP contribution in [0.4, 0.5) is 0 Å². The van der Waals surface area contributed by atoms with Gasteiger partial charge in [-0.25, -0.2) is 0 Å². The SMILES string of the molecule is c1cnc2ccnc(-c3ccn[nH]3)c2c1. The molecule has 0 unspecified atom stereocenters. The molecule has 0 bridgehead atoms. The maximum Gasteiger partial charge on any atom is 0.0974 e. The molecule has 4 heteroatoms. The van der Waals surface area contributed by atoms with E-state index in [4.69, 9.17) is 0 Å². The topological polar surface area (TPSA) is 54.5 Å². The maximum atomic E-state index is 4.34. The lowest BCUT2D eigenvalue weighted by molar-refractivity contribution is 1.09. The fourth-order valence-corrected chi connectivity index (χ4v) is 1.60. The highest BCUT2D eigenvalue weighted by Gasteiger charge is 2.05. The van der Waals surface area contributed by atoms with Crippen molar-refractivity contribution in [2.24, 2.45) is 0 Å². The van der Waals surface area contributed by atoms with Gasteiger partial charge in [-0.1, -0.05) is 0 Å². The number of rotatable bonds is 1. The van der Waals surface area contributed by atoms with Crippen LogP contribution in [0.5, 0.6) is 0 Å². The van der Waals surface area contributed by atoms with Crippen LogP contribution in [0, 0.1) is 0 Å². The van der Waals surface area contributed by atoms with Gasteiger partial charge in [0.15, 0.2) is 0 Å². The molecule has 3 aromatic heterocycles. The largest absolute Gasteiger partial charge is 0.276 e. The quantitative estimate of drug-likeness (QED) is 0.647. The molecule has 0 fully saturated rings. The second kappa shape index (κ2) is 3.16. The summed E-state index contributed by atoms with van der Waals surface area (Å²) >= 11 is 0. The molecule has 3 aromatic rings. The Morgan fingerprint density at radius 3 is 2.80 bits per heavy atom. The Kier molecular flexibility index (Phi) is 1.71. The number of H-pyrrole nitrogens is 1. The molecule has 0 spiro atoms. The molecule has 0 saturated heterocycles. The summed E-state index contributed by atoms with van der Waals surface area (Å²) in [4.78, 5) is 8.62. The van der Waals surface area contributed by atoms with E-state index in [0.29, 0.717) is 0 Å². The van der Waals surface area contributed by atoms with Crippen LogP contribution in [0.2, 0.25) is 0 Å². The molecular weight excluding hydrogens is 188 g/mol. The molecule has 0 radical (unpaired) electrons. The number of fused-ring (bicyclic) bond motifs is 1. The van der Waals surface area contributed by atoms with Crippen LogP contribution in [0.25, 0.3) is 22.3 Å². The van der Waals surface area contributed by atoms with Crippen molar-refractivity contribution in [2.75, 3.05) is 0 Å². The molecule has 0 aliphatic rings. The zero-order chi connectivity index (χ0) is 10.1. The molecule has 0 aliphatic heterocycles. The van der Waals surface area contributed by atoms with Crippen LogP contribution in [0.3, 0.4) is 0 Å². The fourth-order valence-electron chi connectivity index (χ4n) is 1.60. The van der Waals surface area contributed by atoms with Crippen LogP contribution in [-0.2, 0) is 0 Å². The standard InChI is InChI=1S/C11H8N4/c1-2-8-9(12-5-1)3-6-13-11(8)10-4-7-14-15-10/h1-7H,(H,14,15). The summed E-state index contributed by atoms with van der Waals surface area (Å²) in [7, 11) is 0. The molecule has 72 valence electrons. The van der Waals surface area contributed by atoms with Gasteiger partial charge in [-0.05, 0) is 24.3 Å². The lowest BCUT2D eigenvalue weighted by atomic mass is 10.1. The van der Waals surface area contributed by atoms with Crippen molar-refractivity contribution in [3.8, 4) is 11.4 Å². The Bertz CT molecular complexity index is 581. The predicted octanol–water partition coefficient (Wildman–Crippen LogP) is 2.02. The molecule has 1 N–H and O–H groups in total. The molecule has 4 nitrogen and oxygen atoms in total. The average Bonchev–Trinajstić information content (AvgIpc) is 2.82. The third kappa shape index (κ3) is 1.27. The monoisotopic (exact) mass is 196 g/mol. The summed E-state index contributed by atoms with van der Waals surface area (Å²) in [5.74, 6) is 0. The van der Waals surface area contributed by atoms with Crippen LogP contribution in [0.1, 0.15) is 0 Å². The number of aromatic nitrogens is 4. The van der Waals surface area contributed by atoms with E-state index in [1.54, 1.807) is 18.6 Å². The van der Waals surface area contributed by atoms with Crippen molar-refractivity contribution in [3.05, 3.63) is 42.9 Å². The van der Waals surface area contributed by atoms with E-state index in [1.165, 1.54) is 0 Å². The summed E-state index contributed by atoms with van der Waals surface area (Å²) in [6.45, 7) is 0. The van der Waals surface area contributed by atoms with E-state index in [0.717, 1.165) is 22.3 Å². The van der Waals surface area contributed by atoms with Gasteiger partial charge in [0, 0.05) is 24.0 Å². The highest BCUT2D eigenvalue weighted by atomic mass is 15.1. The highest BCUT2D eigenvalue weighted by Crippen LogP contribution is 2.22. The average molecular weight is 196 g/mol. The zero-order valence-corrected chi connectivity index (χ0v) is 7.88. The smallest absolute Gasteiger partial charge is 0.0974 e. The van der Waals surface area contributed by atoms with Crippen molar-refractivity contribution in [3.63, 3.8) is 0 Å². The van der Waals surface area contributed by atoms with Crippen molar-refractivity contribution < 1.29 is 0 Å². The summed E-state index contributed by atoms with van der Waals surface area (Å²) in [6, 6.07) is 7.71. The first-order chi connectivity index (χ1) is 7.45. The molecule has 0 amide bonds. The number of nitrogens with zero attached hydrogens (tertiary/aromatic N) is 3. The summed E-state index contributed by atoms with van der Waals surface area (Å²) in [5, 5.41) is 7.86. The minimum atomic E-state index is 0.887. The Hall–Kier alpha value is -2.23. The van der Waals surface area contributed by atoms with E-state index in [1.807, 2.05) is 24.3 Å². The maximum absolute atomic E-state index is 4.34. The van der Waals surface area contributed by atoms with E-state index in [2.05, 4.69) is 20.2 Å². The Morgan fingerprint density at radius 2 is 1.93 bits per heavy atom. The predicted molar refractivity (Wildman–Crippen MR) is 57.1 cm³/mol. The van der Waals surface area contributed by atoms with E-state index in [9.17, 15) is 0 Å². The van der Waals surface area contributed by atoms with Crippen molar-refractivity contribution >= 4 is 10.9 Å². The third-order valence-electron chi connectivity index (χ3n) is 2.29. The van der Waals surface area contributed by atoms with Crippen LogP contribution < -0.4 is 0 Å². The molecular formula is C11H8N4. The lowest BCUT2D eigenvalue weighted by Gasteiger charge is -2.01. The Labute approximate surface area is 86.0 Å². The molecule has 0 aliphatic carbocycles. The second-order valence-corrected chi connectivity index (χ2v) is 3.20. The van der Waals surface area contributed by atoms with Crippen molar-refractivity contribution in [1.29, 1.82) is 0 Å². The van der Waals surface area contributed by atoms with E-state index in [-0.39, 0.29) is 0 Å². The van der Waals surface area contributed by atoms with Gasteiger partial charge < -0.3 is 0 Å². The van der Waals surface area contributed by atoms with Crippen molar-refractivity contribution in [1.82, 2.24) is 20.2 Å². The first-order valence-electron chi connectivity index (χ1n) is 4.64. The summed E-state index contributed by atoms with van der Waals surface area (Å²) < 4.78 is 0. The number of aromatic amines is 1. The number of pyridine rings is 2. The minimum absolute atomic E-state index is 0.887. The number of nitrogens with one attached hydrogen (secondary N) is 1. The highest BCUT2D eigenvalue weighted by molar-refractivity contribution is 5.90. The first-order valence-corrected chi connectivity index (χ1v) is 4.64. The second-order valence-electron chi connectivity index (χ2n) is 3.20. The van der Waals surface area contributed by atoms with Crippen LogP contribution >= 0.6 is 0 Å². The van der Waals surface area contributed by atoms with Gasteiger partial charge in [0.25, 0.3) is 0 Å². The van der Waals surface area contributed by atoms with E-state index < -0.39 is 0 Å². The Balaban J connectivity index is 2.36. The molecule has 3 rings (SSSR count). The van der Waals surface area contributed by atoms with Gasteiger partial charge >= 0.3 is 0 Å². The lowest BCUT2D eigenvalue weighted by Crippen LogP contribution is -1.87. The van der Waals surface area contributed by atoms with Gasteiger partial charge in [0.2, 0.25) is 0 Å². The van der Waals surface area contributed by atoms with Crippen LogP contribution in [-0.4, -0.2) is 20.2 Å². The molecule has 3 heterocycles. The normalized spacial score (nSPS) is 10.7. The first kappa shape index (κ1) is 8.11. The van der Waals surface area contributed by atoms with E-state index >= 15 is 0 Å². The molecule has 15 heavy (non-hydrogen) atoms. The van der Waals surface area contributed by atoms with Gasteiger partial charge in [-0.3, -0.25) is 15.1 Å². The molecule has 0 atom stereocenters. The van der Waals surface area contributed by atoms with Gasteiger partial charge in [0.1, 0.15) is 0 Å². The molecule has 0 aromatic carbocycles. The van der Waals surface area contributed by atoms with Crippen molar-refractivity contribution in [2.45, 2.75) is 0 Å². The third-order valence-corrected chi connectivity index (χ3v) is 2.29. The fraction of sp³-hybridized carbons (Fsp3) is 0. The van der Waals surface area contributed by atoms with Gasteiger partial charge in [-0.15, -0.1) is 0 Å². The summed E-state index contributed by atoms with van der Waals surface area (Å²) in [6.07, 6.45) is 5.25. The summed E-state index contributed by atoms with van der Waals surface area (Å²) in [5.41, 5.74) is 2.74. The molecule has 0 saturated carbocycles. The zero-order valence-electron chi connectivity index (χ0n) is 7.88. The Morgan fingerprint density at radius 1 is 0.933 bits per heavy atom. The minimum Gasteiger partial charge on any atom is -0.276 e. The van der Waals surface area contributed by atoms with Crippen LogP contribution in [0.15, 0.2) is 42.9 Å². The van der Waals surface area contributed by atoms with Gasteiger partial charge in [-0.2, -0.15) is 5.10 Å². The van der Waals surface area contributed by atoms with Gasteiger partial charge in [0.05, 0.1) is 16.9 Å². The number of hydrogen-bond acceptors (Lipinski definition) is 3.